The molecule has 1 aliphatic carbocycles. The minimum absolute atomic E-state index is 0.219. The molecule has 2 saturated heterocycles. The molecule has 6 nitrogen and oxygen atoms in total. The van der Waals surface area contributed by atoms with Gasteiger partial charge < -0.3 is 9.80 Å². The third kappa shape index (κ3) is 4.19. The molecule has 172 valence electrons. The Hall–Kier alpha value is -2.28. The number of rotatable bonds is 4. The summed E-state index contributed by atoms with van der Waals surface area (Å²) in [5.41, 5.74) is 2.18. The first-order valence-corrected chi connectivity index (χ1v) is 12.2. The number of nitrogens with zero attached hydrogens (tertiary/aromatic N) is 2. The van der Waals surface area contributed by atoms with Crippen LogP contribution in [0.2, 0.25) is 0 Å². The summed E-state index contributed by atoms with van der Waals surface area (Å²) in [6, 6.07) is 2.24. The fourth-order valence-electron chi connectivity index (χ4n) is 6.18. The van der Waals surface area contributed by atoms with Gasteiger partial charge in [0.1, 0.15) is 11.9 Å². The van der Waals surface area contributed by atoms with E-state index in [0.29, 0.717) is 18.5 Å². The molecule has 1 unspecified atom stereocenters. The number of nitrogens with one attached hydrogen (secondary N) is 1. The zero-order chi connectivity index (χ0) is 22.2. The minimum Gasteiger partial charge on any atom is -0.322 e. The summed E-state index contributed by atoms with van der Waals surface area (Å²) in [6.45, 7) is 3.52. The van der Waals surface area contributed by atoms with Gasteiger partial charge in [-0.3, -0.25) is 19.7 Å². The van der Waals surface area contributed by atoms with Gasteiger partial charge in [0.15, 0.2) is 0 Å². The highest BCUT2D eigenvalue weighted by molar-refractivity contribution is 6.05. The van der Waals surface area contributed by atoms with Crippen LogP contribution in [0, 0.1) is 11.7 Å². The second-order valence-corrected chi connectivity index (χ2v) is 10.0. The predicted molar refractivity (Wildman–Crippen MR) is 117 cm³/mol. The monoisotopic (exact) mass is 441 g/mol. The lowest BCUT2D eigenvalue weighted by Gasteiger charge is -2.36. The number of fused-ring (bicyclic) bond motifs is 1. The SMILES string of the molecule is O=C1CCC(N2Cc3c(cc(F)cc3C3CCN(CC4CCCCC4)CC3)C2=O)C(=O)N1. The molecule has 3 amide bonds. The van der Waals surface area contributed by atoms with E-state index in [9.17, 15) is 18.8 Å². The summed E-state index contributed by atoms with van der Waals surface area (Å²) < 4.78 is 14.5. The largest absolute Gasteiger partial charge is 0.322 e. The van der Waals surface area contributed by atoms with E-state index in [4.69, 9.17) is 0 Å². The number of piperidine rings is 2. The highest BCUT2D eigenvalue weighted by Crippen LogP contribution is 2.38. The number of imide groups is 1. The van der Waals surface area contributed by atoms with Gasteiger partial charge in [-0.25, -0.2) is 4.39 Å². The summed E-state index contributed by atoms with van der Waals surface area (Å²) in [5, 5.41) is 2.33. The van der Waals surface area contributed by atoms with Gasteiger partial charge in [-0.15, -0.1) is 0 Å². The summed E-state index contributed by atoms with van der Waals surface area (Å²) in [7, 11) is 0. The molecule has 1 N–H and O–H groups in total. The zero-order valence-corrected chi connectivity index (χ0v) is 18.6. The Morgan fingerprint density at radius 3 is 2.44 bits per heavy atom. The number of benzene rings is 1. The normalized spacial score (nSPS) is 25.8. The molecule has 5 rings (SSSR count). The van der Waals surface area contributed by atoms with Crippen LogP contribution in [0.15, 0.2) is 12.1 Å². The maximum atomic E-state index is 14.5. The molecule has 7 heteroatoms. The van der Waals surface area contributed by atoms with Crippen molar-refractivity contribution >= 4 is 17.7 Å². The van der Waals surface area contributed by atoms with Crippen LogP contribution >= 0.6 is 0 Å². The van der Waals surface area contributed by atoms with Crippen molar-refractivity contribution in [1.29, 1.82) is 0 Å². The van der Waals surface area contributed by atoms with Crippen molar-refractivity contribution in [1.82, 2.24) is 15.1 Å². The zero-order valence-electron chi connectivity index (χ0n) is 18.6. The van der Waals surface area contributed by atoms with Crippen LogP contribution in [0.5, 0.6) is 0 Å². The number of hydrogen-bond donors (Lipinski definition) is 1. The number of carbonyl (C=O) groups excluding carboxylic acids is 3. The molecule has 0 bridgehead atoms. The second kappa shape index (κ2) is 8.93. The van der Waals surface area contributed by atoms with Gasteiger partial charge in [0.25, 0.3) is 5.91 Å². The summed E-state index contributed by atoms with van der Waals surface area (Å²) in [5.74, 6) is -0.371. The fraction of sp³-hybridized carbons (Fsp3) is 0.640. The Kier molecular flexibility index (Phi) is 6.01. The Balaban J connectivity index is 1.29. The quantitative estimate of drug-likeness (QED) is 0.728. The highest BCUT2D eigenvalue weighted by atomic mass is 19.1. The van der Waals surface area contributed by atoms with Gasteiger partial charge in [-0.05, 0) is 80.3 Å². The Bertz CT molecular complexity index is 919. The number of likely N-dealkylation sites (tertiary alicyclic amines) is 1. The third-order valence-electron chi connectivity index (χ3n) is 7.92. The lowest BCUT2D eigenvalue weighted by molar-refractivity contribution is -0.136. The van der Waals surface area contributed by atoms with E-state index in [1.165, 1.54) is 49.6 Å². The number of hydrogen-bond acceptors (Lipinski definition) is 4. The molecular weight excluding hydrogens is 409 g/mol. The molecule has 3 heterocycles. The summed E-state index contributed by atoms with van der Waals surface area (Å²) in [4.78, 5) is 41.0. The lowest BCUT2D eigenvalue weighted by Crippen LogP contribution is -2.52. The lowest BCUT2D eigenvalue weighted by atomic mass is 9.84. The first-order valence-electron chi connectivity index (χ1n) is 12.2. The van der Waals surface area contributed by atoms with Crippen LogP contribution in [0.1, 0.15) is 85.2 Å². The van der Waals surface area contributed by atoms with E-state index in [-0.39, 0.29) is 30.0 Å². The molecule has 0 radical (unpaired) electrons. The summed E-state index contributed by atoms with van der Waals surface area (Å²) in [6.07, 6.45) is 9.25. The van der Waals surface area contributed by atoms with E-state index < -0.39 is 11.9 Å². The number of carbonyl (C=O) groups is 3. The number of halogens is 1. The van der Waals surface area contributed by atoms with Crippen LogP contribution < -0.4 is 5.32 Å². The average molecular weight is 442 g/mol. The van der Waals surface area contributed by atoms with Gasteiger partial charge in [0, 0.05) is 25.1 Å². The second-order valence-electron chi connectivity index (χ2n) is 10.0. The molecule has 0 spiro atoms. The van der Waals surface area contributed by atoms with Crippen LogP contribution in [-0.2, 0) is 16.1 Å². The molecule has 0 aromatic heterocycles. The maximum Gasteiger partial charge on any atom is 0.255 e. The molecule has 4 aliphatic rings. The Labute approximate surface area is 188 Å². The van der Waals surface area contributed by atoms with E-state index in [0.717, 1.165) is 43.0 Å². The van der Waals surface area contributed by atoms with Crippen molar-refractivity contribution in [2.24, 2.45) is 5.92 Å². The average Bonchev–Trinajstić information content (AvgIpc) is 3.11. The van der Waals surface area contributed by atoms with Crippen molar-refractivity contribution in [2.45, 2.75) is 76.3 Å². The molecule has 1 saturated carbocycles. The molecule has 3 fully saturated rings. The molecule has 32 heavy (non-hydrogen) atoms. The fourth-order valence-corrected chi connectivity index (χ4v) is 6.18. The molecule has 1 aromatic carbocycles. The van der Waals surface area contributed by atoms with Crippen molar-refractivity contribution in [3.05, 3.63) is 34.6 Å². The van der Waals surface area contributed by atoms with Crippen LogP contribution in [-0.4, -0.2) is 53.2 Å². The van der Waals surface area contributed by atoms with Crippen LogP contribution in [0.25, 0.3) is 0 Å². The van der Waals surface area contributed by atoms with Crippen molar-refractivity contribution in [3.8, 4) is 0 Å². The van der Waals surface area contributed by atoms with Crippen molar-refractivity contribution in [2.75, 3.05) is 19.6 Å². The summed E-state index contributed by atoms with van der Waals surface area (Å²) >= 11 is 0. The van der Waals surface area contributed by atoms with Gasteiger partial charge in [0.05, 0.1) is 0 Å². The topological polar surface area (TPSA) is 69.7 Å². The van der Waals surface area contributed by atoms with E-state index in [2.05, 4.69) is 10.2 Å². The van der Waals surface area contributed by atoms with Crippen molar-refractivity contribution in [3.63, 3.8) is 0 Å². The first-order chi connectivity index (χ1) is 15.5. The van der Waals surface area contributed by atoms with E-state index in [1.807, 2.05) is 0 Å². The molecular formula is C25H32FN3O3. The maximum absolute atomic E-state index is 14.5. The van der Waals surface area contributed by atoms with Gasteiger partial charge >= 0.3 is 0 Å². The standard InChI is InChI=1S/C25H32FN3O3/c26-18-12-19(17-8-10-28(11-9-17)14-16-4-2-1-3-5-16)21-15-29(25(32)20(21)13-18)22-6-7-23(30)27-24(22)31/h12-13,16-17,22H,1-11,14-15H2,(H,27,30,31). The molecule has 3 aliphatic heterocycles. The molecule has 1 aromatic rings. The van der Waals surface area contributed by atoms with Gasteiger partial charge in [0.2, 0.25) is 11.8 Å². The van der Waals surface area contributed by atoms with Crippen molar-refractivity contribution < 1.29 is 18.8 Å². The molecule has 1 atom stereocenters. The Morgan fingerprint density at radius 2 is 1.72 bits per heavy atom. The van der Waals surface area contributed by atoms with Crippen LogP contribution in [0.4, 0.5) is 4.39 Å². The van der Waals surface area contributed by atoms with Gasteiger partial charge in [-0.2, -0.15) is 0 Å². The van der Waals surface area contributed by atoms with Gasteiger partial charge in [-0.1, -0.05) is 19.3 Å². The predicted octanol–water partition coefficient (Wildman–Crippen LogP) is 3.35. The Morgan fingerprint density at radius 1 is 0.969 bits per heavy atom. The third-order valence-corrected chi connectivity index (χ3v) is 7.92. The van der Waals surface area contributed by atoms with E-state index in [1.54, 1.807) is 6.07 Å². The highest BCUT2D eigenvalue weighted by Gasteiger charge is 2.41. The van der Waals surface area contributed by atoms with Crippen LogP contribution in [0.3, 0.4) is 0 Å². The van der Waals surface area contributed by atoms with E-state index >= 15 is 0 Å². The smallest absolute Gasteiger partial charge is 0.255 e. The minimum atomic E-state index is -0.666. The first kappa shape index (κ1) is 21.6. The number of amides is 3.